The number of aliphatic hydroxyl groups excluding tert-OH is 1. The van der Waals surface area contributed by atoms with Crippen LogP contribution in [0.4, 0.5) is 11.4 Å². The minimum atomic E-state index is -0.869. The van der Waals surface area contributed by atoms with Crippen LogP contribution in [0.1, 0.15) is 22.7 Å². The lowest BCUT2D eigenvalue weighted by Crippen LogP contribution is -2.29. The Morgan fingerprint density at radius 2 is 1.72 bits per heavy atom. The fourth-order valence-electron chi connectivity index (χ4n) is 4.56. The number of benzene rings is 3. The molecule has 1 amide bonds. The molecule has 3 aromatic rings. The Labute approximate surface area is 208 Å². The van der Waals surface area contributed by atoms with Gasteiger partial charge in [0.2, 0.25) is 6.79 Å². The molecular formula is C28H26N2O6. The predicted molar refractivity (Wildman–Crippen MR) is 136 cm³/mol. The van der Waals surface area contributed by atoms with Crippen molar-refractivity contribution in [2.75, 3.05) is 37.8 Å². The third-order valence-corrected chi connectivity index (χ3v) is 6.41. The van der Waals surface area contributed by atoms with E-state index in [1.165, 1.54) is 12.0 Å². The molecule has 1 unspecified atom stereocenters. The predicted octanol–water partition coefficient (Wildman–Crippen LogP) is 4.42. The van der Waals surface area contributed by atoms with Crippen LogP contribution in [-0.2, 0) is 9.59 Å². The largest absolute Gasteiger partial charge is 0.507 e. The van der Waals surface area contributed by atoms with Crippen LogP contribution in [0.5, 0.6) is 17.2 Å². The highest BCUT2D eigenvalue weighted by Crippen LogP contribution is 2.45. The van der Waals surface area contributed by atoms with Crippen LogP contribution in [0.3, 0.4) is 0 Å². The number of anilines is 2. The van der Waals surface area contributed by atoms with Crippen LogP contribution < -0.4 is 24.0 Å². The first-order valence-corrected chi connectivity index (χ1v) is 11.4. The number of aliphatic hydroxyl groups is 1. The van der Waals surface area contributed by atoms with Gasteiger partial charge in [0, 0.05) is 31.5 Å². The Morgan fingerprint density at radius 1 is 1.00 bits per heavy atom. The minimum absolute atomic E-state index is 0.0147. The zero-order valence-electron chi connectivity index (χ0n) is 20.4. The Morgan fingerprint density at radius 3 is 2.42 bits per heavy atom. The molecule has 2 heterocycles. The molecule has 3 aromatic carbocycles. The second kappa shape index (κ2) is 8.96. The maximum Gasteiger partial charge on any atom is 0.300 e. The van der Waals surface area contributed by atoms with E-state index < -0.39 is 17.7 Å². The summed E-state index contributed by atoms with van der Waals surface area (Å²) in [5.41, 5.74) is 3.28. The highest BCUT2D eigenvalue weighted by molar-refractivity contribution is 6.51. The van der Waals surface area contributed by atoms with Crippen LogP contribution >= 0.6 is 0 Å². The molecule has 0 aromatic heterocycles. The molecule has 8 nitrogen and oxygen atoms in total. The number of aryl methyl sites for hydroxylation is 1. The summed E-state index contributed by atoms with van der Waals surface area (Å²) in [6.07, 6.45) is 0. The smallest absolute Gasteiger partial charge is 0.300 e. The number of ketones is 1. The van der Waals surface area contributed by atoms with Gasteiger partial charge in [0.1, 0.15) is 11.5 Å². The summed E-state index contributed by atoms with van der Waals surface area (Å²) in [6, 6.07) is 17.0. The number of fused-ring (bicyclic) bond motifs is 1. The number of rotatable bonds is 5. The van der Waals surface area contributed by atoms with Gasteiger partial charge in [-0.25, -0.2) is 0 Å². The SMILES string of the molecule is COc1ccc(C)cc1/C(O)=C1\C(=O)C(=O)N(c2ccc3c(c2)OCO3)C1c1ccc(N(C)C)cc1. The topological polar surface area (TPSA) is 88.5 Å². The van der Waals surface area contributed by atoms with E-state index in [9.17, 15) is 14.7 Å². The fraction of sp³-hybridized carbons (Fsp3) is 0.214. The monoisotopic (exact) mass is 486 g/mol. The van der Waals surface area contributed by atoms with Gasteiger partial charge < -0.3 is 24.2 Å². The zero-order chi connectivity index (χ0) is 25.6. The minimum Gasteiger partial charge on any atom is -0.507 e. The van der Waals surface area contributed by atoms with Crippen molar-refractivity contribution in [1.82, 2.24) is 0 Å². The summed E-state index contributed by atoms with van der Waals surface area (Å²) in [5, 5.41) is 11.5. The van der Waals surface area contributed by atoms with E-state index in [0.717, 1.165) is 11.3 Å². The third kappa shape index (κ3) is 3.80. The van der Waals surface area contributed by atoms with Crippen LogP contribution in [0.15, 0.2) is 66.2 Å². The van der Waals surface area contributed by atoms with Crippen molar-refractivity contribution in [3.8, 4) is 17.2 Å². The Kier molecular flexibility index (Phi) is 5.80. The Bertz CT molecular complexity index is 1390. The van der Waals surface area contributed by atoms with E-state index in [-0.39, 0.29) is 18.1 Å². The molecule has 36 heavy (non-hydrogen) atoms. The first-order chi connectivity index (χ1) is 17.3. The third-order valence-electron chi connectivity index (χ3n) is 6.41. The number of nitrogens with zero attached hydrogens (tertiary/aromatic N) is 2. The van der Waals surface area contributed by atoms with Crippen LogP contribution in [0.25, 0.3) is 5.76 Å². The summed E-state index contributed by atoms with van der Waals surface area (Å²) in [4.78, 5) is 30.3. The van der Waals surface area contributed by atoms with Crippen molar-refractivity contribution in [2.45, 2.75) is 13.0 Å². The quantitative estimate of drug-likeness (QED) is 0.324. The molecule has 1 N–H and O–H groups in total. The number of hydrogen-bond acceptors (Lipinski definition) is 7. The van der Waals surface area contributed by atoms with Crippen LogP contribution in [0.2, 0.25) is 0 Å². The maximum absolute atomic E-state index is 13.5. The molecule has 5 rings (SSSR count). The highest BCUT2D eigenvalue weighted by Gasteiger charge is 2.47. The van der Waals surface area contributed by atoms with Crippen molar-refractivity contribution < 1.29 is 28.9 Å². The number of Topliss-reactive ketones (excluding diaryl/α,β-unsaturated/α-hetero) is 1. The average molecular weight is 487 g/mol. The van der Waals surface area contributed by atoms with Crippen LogP contribution in [-0.4, -0.2) is 44.8 Å². The Hall–Kier alpha value is -4.46. The molecule has 0 saturated carbocycles. The molecule has 0 bridgehead atoms. The van der Waals surface area contributed by atoms with E-state index in [1.807, 2.05) is 56.3 Å². The zero-order valence-corrected chi connectivity index (χ0v) is 20.4. The molecule has 0 radical (unpaired) electrons. The lowest BCUT2D eigenvalue weighted by molar-refractivity contribution is -0.132. The molecule has 1 saturated heterocycles. The first-order valence-electron chi connectivity index (χ1n) is 11.4. The van der Waals surface area contributed by atoms with Gasteiger partial charge >= 0.3 is 0 Å². The van der Waals surface area contributed by atoms with E-state index in [4.69, 9.17) is 14.2 Å². The number of amides is 1. The number of carbonyl (C=O) groups excluding carboxylic acids is 2. The van der Waals surface area contributed by atoms with Gasteiger partial charge in [0.05, 0.1) is 24.3 Å². The molecule has 1 fully saturated rings. The normalized spacial score (nSPS) is 18.0. The standard InChI is InChI=1S/C28H26N2O6/c1-16-5-11-21(34-4)20(13-16)26(31)24-25(17-6-8-18(9-7-17)29(2)3)30(28(33)27(24)32)19-10-12-22-23(14-19)36-15-35-22/h5-14,25,31H,15H2,1-4H3/b26-24+. The second-order valence-electron chi connectivity index (χ2n) is 8.90. The molecule has 2 aliphatic rings. The number of carbonyl (C=O) groups is 2. The number of methoxy groups -OCH3 is 1. The number of hydrogen-bond donors (Lipinski definition) is 1. The van der Waals surface area contributed by atoms with Gasteiger partial charge in [-0.15, -0.1) is 0 Å². The van der Waals surface area contributed by atoms with E-state index >= 15 is 0 Å². The molecule has 8 heteroatoms. The fourth-order valence-corrected chi connectivity index (χ4v) is 4.56. The van der Waals surface area contributed by atoms with Gasteiger partial charge in [-0.1, -0.05) is 23.8 Å². The van der Waals surface area contributed by atoms with Gasteiger partial charge in [-0.2, -0.15) is 0 Å². The first kappa shape index (κ1) is 23.3. The molecule has 2 aliphatic heterocycles. The van der Waals surface area contributed by atoms with Crippen molar-refractivity contribution in [3.63, 3.8) is 0 Å². The van der Waals surface area contributed by atoms with E-state index in [0.29, 0.717) is 34.1 Å². The average Bonchev–Trinajstić information content (AvgIpc) is 3.45. The molecule has 0 aliphatic carbocycles. The van der Waals surface area contributed by atoms with Gasteiger partial charge in [0.15, 0.2) is 11.5 Å². The summed E-state index contributed by atoms with van der Waals surface area (Å²) < 4.78 is 16.4. The summed E-state index contributed by atoms with van der Waals surface area (Å²) in [5.74, 6) is -0.379. The van der Waals surface area contributed by atoms with E-state index in [1.54, 1.807) is 30.3 Å². The Balaban J connectivity index is 1.72. The van der Waals surface area contributed by atoms with Crippen molar-refractivity contribution in [2.24, 2.45) is 0 Å². The highest BCUT2D eigenvalue weighted by atomic mass is 16.7. The van der Waals surface area contributed by atoms with E-state index in [2.05, 4.69) is 0 Å². The lowest BCUT2D eigenvalue weighted by Gasteiger charge is -2.26. The number of ether oxygens (including phenoxy) is 3. The van der Waals surface area contributed by atoms with Gasteiger partial charge in [0.25, 0.3) is 11.7 Å². The maximum atomic E-state index is 13.5. The van der Waals surface area contributed by atoms with Gasteiger partial charge in [-0.05, 0) is 48.9 Å². The van der Waals surface area contributed by atoms with Crippen LogP contribution in [0, 0.1) is 6.92 Å². The lowest BCUT2D eigenvalue weighted by atomic mass is 9.94. The second-order valence-corrected chi connectivity index (χ2v) is 8.90. The van der Waals surface area contributed by atoms with Crippen molar-refractivity contribution in [1.29, 1.82) is 0 Å². The van der Waals surface area contributed by atoms with Crippen molar-refractivity contribution in [3.05, 3.63) is 82.9 Å². The summed E-state index contributed by atoms with van der Waals surface area (Å²) in [7, 11) is 5.35. The molecular weight excluding hydrogens is 460 g/mol. The van der Waals surface area contributed by atoms with Gasteiger partial charge in [-0.3, -0.25) is 14.5 Å². The molecule has 184 valence electrons. The summed E-state index contributed by atoms with van der Waals surface area (Å²) >= 11 is 0. The molecule has 1 atom stereocenters. The van der Waals surface area contributed by atoms with Crippen molar-refractivity contribution >= 4 is 28.8 Å². The summed E-state index contributed by atoms with van der Waals surface area (Å²) in [6.45, 7) is 1.96. The molecule has 0 spiro atoms.